The van der Waals surface area contributed by atoms with Gasteiger partial charge in [0.05, 0.1) is 25.8 Å². The van der Waals surface area contributed by atoms with E-state index in [9.17, 15) is 4.79 Å². The second-order valence-corrected chi connectivity index (χ2v) is 9.12. The van der Waals surface area contributed by atoms with Crippen molar-refractivity contribution >= 4 is 22.9 Å². The van der Waals surface area contributed by atoms with Gasteiger partial charge in [0.15, 0.2) is 0 Å². The number of benzene rings is 2. The van der Waals surface area contributed by atoms with Gasteiger partial charge in [0.25, 0.3) is 5.91 Å². The maximum absolute atomic E-state index is 13.1. The quantitative estimate of drug-likeness (QED) is 0.533. The molecule has 2 heterocycles. The van der Waals surface area contributed by atoms with Crippen molar-refractivity contribution in [2.45, 2.75) is 19.0 Å². The third-order valence-corrected chi connectivity index (χ3v) is 7.11. The van der Waals surface area contributed by atoms with Crippen LogP contribution in [0.3, 0.4) is 0 Å². The highest BCUT2D eigenvalue weighted by molar-refractivity contribution is 7.10. The first kappa shape index (κ1) is 23.1. The summed E-state index contributed by atoms with van der Waals surface area (Å²) in [5.74, 6) is 1.34. The molecule has 2 aromatic carbocycles. The zero-order valence-corrected chi connectivity index (χ0v) is 20.2. The summed E-state index contributed by atoms with van der Waals surface area (Å²) >= 11 is 1.74. The number of carbonyl (C=O) groups excluding carboxylic acids is 1. The lowest BCUT2D eigenvalue weighted by atomic mass is 10.0. The van der Waals surface area contributed by atoms with Gasteiger partial charge in [-0.05, 0) is 54.8 Å². The first-order valence-electron chi connectivity index (χ1n) is 11.2. The van der Waals surface area contributed by atoms with E-state index in [4.69, 9.17) is 9.47 Å². The van der Waals surface area contributed by atoms with E-state index < -0.39 is 0 Å². The predicted molar refractivity (Wildman–Crippen MR) is 134 cm³/mol. The van der Waals surface area contributed by atoms with Gasteiger partial charge in [-0.15, -0.1) is 11.3 Å². The molecule has 2 atom stereocenters. The average Bonchev–Trinajstić information content (AvgIpc) is 3.39. The van der Waals surface area contributed by atoms with Crippen LogP contribution < -0.4 is 19.7 Å². The molecule has 33 heavy (non-hydrogen) atoms. The van der Waals surface area contributed by atoms with Crippen molar-refractivity contribution in [2.24, 2.45) is 0 Å². The van der Waals surface area contributed by atoms with Crippen LogP contribution in [-0.4, -0.2) is 57.2 Å². The van der Waals surface area contributed by atoms with Crippen LogP contribution in [0.15, 0.2) is 66.0 Å². The molecule has 4 rings (SSSR count). The summed E-state index contributed by atoms with van der Waals surface area (Å²) in [6.45, 7) is 5.79. The lowest BCUT2D eigenvalue weighted by Crippen LogP contribution is -2.52. The fourth-order valence-corrected chi connectivity index (χ4v) is 5.41. The molecule has 1 aromatic heterocycles. The third kappa shape index (κ3) is 5.31. The number of carbonyl (C=O) groups is 1. The number of nitrogens with one attached hydrogen (secondary N) is 1. The van der Waals surface area contributed by atoms with E-state index in [2.05, 4.69) is 51.7 Å². The fourth-order valence-electron chi connectivity index (χ4n) is 4.45. The zero-order valence-electron chi connectivity index (χ0n) is 19.4. The van der Waals surface area contributed by atoms with Crippen LogP contribution in [-0.2, 0) is 0 Å². The van der Waals surface area contributed by atoms with Gasteiger partial charge in [0.1, 0.15) is 11.5 Å². The molecule has 1 aliphatic heterocycles. The van der Waals surface area contributed by atoms with Crippen molar-refractivity contribution in [1.29, 1.82) is 0 Å². The molecular formula is C26H31N3O3S. The molecule has 3 aromatic rings. The van der Waals surface area contributed by atoms with Gasteiger partial charge in [0, 0.05) is 42.8 Å². The third-order valence-electron chi connectivity index (χ3n) is 6.16. The minimum Gasteiger partial charge on any atom is -0.497 e. The number of piperazine rings is 1. The largest absolute Gasteiger partial charge is 0.497 e. The van der Waals surface area contributed by atoms with Crippen LogP contribution in [0.4, 0.5) is 5.69 Å². The molecule has 7 heteroatoms. The number of amides is 1. The van der Waals surface area contributed by atoms with Crippen molar-refractivity contribution in [3.63, 3.8) is 0 Å². The Morgan fingerprint density at radius 1 is 0.939 bits per heavy atom. The molecular weight excluding hydrogens is 434 g/mol. The molecule has 0 radical (unpaired) electrons. The molecule has 2 unspecified atom stereocenters. The Labute approximate surface area is 199 Å². The van der Waals surface area contributed by atoms with E-state index in [1.54, 1.807) is 31.6 Å². The second kappa shape index (κ2) is 10.7. The molecule has 1 fully saturated rings. The molecule has 1 amide bonds. The fraction of sp³-hybridized carbons (Fsp3) is 0.346. The van der Waals surface area contributed by atoms with Crippen molar-refractivity contribution in [3.8, 4) is 11.5 Å². The Morgan fingerprint density at radius 2 is 1.67 bits per heavy atom. The van der Waals surface area contributed by atoms with E-state index in [0.717, 1.165) is 31.9 Å². The lowest BCUT2D eigenvalue weighted by Gasteiger charge is -2.42. The van der Waals surface area contributed by atoms with E-state index in [1.165, 1.54) is 10.6 Å². The van der Waals surface area contributed by atoms with Crippen LogP contribution in [0.5, 0.6) is 11.5 Å². The van der Waals surface area contributed by atoms with Crippen molar-refractivity contribution < 1.29 is 14.3 Å². The Balaban J connectivity index is 1.46. The summed E-state index contributed by atoms with van der Waals surface area (Å²) in [6, 6.07) is 19.9. The first-order valence-corrected chi connectivity index (χ1v) is 12.1. The summed E-state index contributed by atoms with van der Waals surface area (Å²) in [5.41, 5.74) is 1.77. The van der Waals surface area contributed by atoms with E-state index in [0.29, 0.717) is 11.3 Å². The number of thiophene rings is 1. The molecule has 1 aliphatic rings. The summed E-state index contributed by atoms with van der Waals surface area (Å²) < 4.78 is 10.7. The number of methoxy groups -OCH3 is 2. The highest BCUT2D eigenvalue weighted by atomic mass is 32.1. The zero-order chi connectivity index (χ0) is 23.2. The number of nitrogens with zero attached hydrogens (tertiary/aromatic N) is 2. The number of anilines is 1. The van der Waals surface area contributed by atoms with Gasteiger partial charge in [-0.2, -0.15) is 0 Å². The maximum Gasteiger partial charge on any atom is 0.255 e. The topological polar surface area (TPSA) is 54.0 Å². The molecule has 0 spiro atoms. The van der Waals surface area contributed by atoms with Gasteiger partial charge in [-0.25, -0.2) is 0 Å². The Bertz CT molecular complexity index is 1030. The number of hydrogen-bond acceptors (Lipinski definition) is 6. The minimum absolute atomic E-state index is 0.0615. The second-order valence-electron chi connectivity index (χ2n) is 8.14. The number of ether oxygens (including phenoxy) is 2. The molecule has 1 N–H and O–H groups in total. The van der Waals surface area contributed by atoms with Crippen LogP contribution in [0.25, 0.3) is 0 Å². The van der Waals surface area contributed by atoms with Crippen LogP contribution in [0.1, 0.15) is 28.2 Å². The summed E-state index contributed by atoms with van der Waals surface area (Å²) in [6.07, 6.45) is 0. The van der Waals surface area contributed by atoms with Gasteiger partial charge >= 0.3 is 0 Å². The Morgan fingerprint density at radius 3 is 2.30 bits per heavy atom. The lowest BCUT2D eigenvalue weighted by molar-refractivity contribution is 0.0887. The van der Waals surface area contributed by atoms with E-state index in [-0.39, 0.29) is 18.0 Å². The van der Waals surface area contributed by atoms with E-state index >= 15 is 0 Å². The van der Waals surface area contributed by atoms with Crippen LogP contribution in [0.2, 0.25) is 0 Å². The maximum atomic E-state index is 13.1. The molecule has 1 saturated heterocycles. The average molecular weight is 466 g/mol. The molecule has 0 bridgehead atoms. The molecule has 0 saturated carbocycles. The number of hydrogen-bond donors (Lipinski definition) is 1. The van der Waals surface area contributed by atoms with Gasteiger partial charge in [0.2, 0.25) is 0 Å². The number of rotatable bonds is 8. The first-order chi connectivity index (χ1) is 16.1. The predicted octanol–water partition coefficient (Wildman–Crippen LogP) is 4.45. The Hall–Kier alpha value is -3.03. The highest BCUT2D eigenvalue weighted by Crippen LogP contribution is 2.31. The summed E-state index contributed by atoms with van der Waals surface area (Å²) in [4.78, 5) is 19.2. The van der Waals surface area contributed by atoms with Crippen molar-refractivity contribution in [1.82, 2.24) is 10.2 Å². The van der Waals surface area contributed by atoms with Gasteiger partial charge in [-0.3, -0.25) is 9.69 Å². The van der Waals surface area contributed by atoms with Gasteiger partial charge < -0.3 is 19.7 Å². The molecule has 0 aliphatic carbocycles. The van der Waals surface area contributed by atoms with Crippen LogP contribution >= 0.6 is 11.3 Å². The van der Waals surface area contributed by atoms with Crippen molar-refractivity contribution in [3.05, 3.63) is 76.5 Å². The minimum atomic E-state index is -0.113. The SMILES string of the molecule is COc1ccc(N2CCN(C(c3cccs3)C(C)NC(=O)c3ccccc3OC)CC2)cc1. The smallest absolute Gasteiger partial charge is 0.255 e. The standard InChI is InChI=1S/C26H31N3O3S/c1-19(27-26(30)22-7-4-5-8-23(22)32-3)25(24-9-6-18-33-24)29-16-14-28(15-17-29)20-10-12-21(31-2)13-11-20/h4-13,18-19,25H,14-17H2,1-3H3,(H,27,30). The number of para-hydroxylation sites is 1. The monoisotopic (exact) mass is 465 g/mol. The normalized spacial score (nSPS) is 16.2. The molecule has 6 nitrogen and oxygen atoms in total. The van der Waals surface area contributed by atoms with Gasteiger partial charge in [-0.1, -0.05) is 18.2 Å². The van der Waals surface area contributed by atoms with Crippen LogP contribution in [0, 0.1) is 0 Å². The summed E-state index contributed by atoms with van der Waals surface area (Å²) in [5, 5.41) is 5.33. The Kier molecular flexibility index (Phi) is 7.52. The van der Waals surface area contributed by atoms with Crippen molar-refractivity contribution in [2.75, 3.05) is 45.3 Å². The van der Waals surface area contributed by atoms with E-state index in [1.807, 2.05) is 30.3 Å². The summed E-state index contributed by atoms with van der Waals surface area (Å²) in [7, 11) is 3.28. The highest BCUT2D eigenvalue weighted by Gasteiger charge is 2.31. The molecule has 174 valence electrons.